The maximum atomic E-state index is 11.6. The Bertz CT molecular complexity index is 487. The van der Waals surface area contributed by atoms with E-state index in [1.807, 2.05) is 10.8 Å². The number of nitrogens with one attached hydrogen (secondary N) is 1. The van der Waals surface area contributed by atoms with E-state index in [2.05, 4.69) is 15.3 Å². The fourth-order valence-corrected chi connectivity index (χ4v) is 1.96. The number of thiophene rings is 1. The van der Waals surface area contributed by atoms with Crippen LogP contribution >= 0.6 is 22.9 Å². The zero-order chi connectivity index (χ0) is 11.4. The van der Waals surface area contributed by atoms with E-state index in [1.54, 1.807) is 6.07 Å². The lowest BCUT2D eigenvalue weighted by Crippen LogP contribution is -2.14. The SMILES string of the molecule is O=C(CNc1nccnc1Cl)c1ccsc1. The van der Waals surface area contributed by atoms with Gasteiger partial charge in [-0.2, -0.15) is 11.3 Å². The smallest absolute Gasteiger partial charge is 0.182 e. The monoisotopic (exact) mass is 253 g/mol. The quantitative estimate of drug-likeness (QED) is 0.851. The first kappa shape index (κ1) is 11.0. The van der Waals surface area contributed by atoms with Crippen LogP contribution in [-0.2, 0) is 0 Å². The van der Waals surface area contributed by atoms with Gasteiger partial charge in [-0.15, -0.1) is 0 Å². The van der Waals surface area contributed by atoms with E-state index in [9.17, 15) is 4.79 Å². The molecule has 4 nitrogen and oxygen atoms in total. The second kappa shape index (κ2) is 5.05. The molecule has 0 aliphatic carbocycles. The predicted octanol–water partition coefficient (Wildman–Crippen LogP) is 2.49. The van der Waals surface area contributed by atoms with E-state index in [-0.39, 0.29) is 17.5 Å². The average molecular weight is 254 g/mol. The highest BCUT2D eigenvalue weighted by Crippen LogP contribution is 2.14. The molecular formula is C10H8ClN3OS. The van der Waals surface area contributed by atoms with E-state index >= 15 is 0 Å². The van der Waals surface area contributed by atoms with Gasteiger partial charge in [-0.05, 0) is 11.4 Å². The molecule has 0 spiro atoms. The van der Waals surface area contributed by atoms with Gasteiger partial charge in [-0.3, -0.25) is 4.79 Å². The zero-order valence-electron chi connectivity index (χ0n) is 8.18. The van der Waals surface area contributed by atoms with Crippen molar-refractivity contribution in [1.29, 1.82) is 0 Å². The molecule has 82 valence electrons. The molecule has 1 N–H and O–H groups in total. The van der Waals surface area contributed by atoms with E-state index in [0.29, 0.717) is 11.4 Å². The van der Waals surface area contributed by atoms with Crippen LogP contribution in [0.25, 0.3) is 0 Å². The van der Waals surface area contributed by atoms with Crippen LogP contribution in [0.1, 0.15) is 10.4 Å². The third kappa shape index (κ3) is 2.56. The van der Waals surface area contributed by atoms with Crippen LogP contribution in [0.15, 0.2) is 29.2 Å². The summed E-state index contributed by atoms with van der Waals surface area (Å²) in [6.45, 7) is 0.162. The number of Topliss-reactive ketones (excluding diaryl/α,β-unsaturated/α-hetero) is 1. The second-order valence-electron chi connectivity index (χ2n) is 2.98. The van der Waals surface area contributed by atoms with Crippen molar-refractivity contribution in [3.63, 3.8) is 0 Å². The lowest BCUT2D eigenvalue weighted by atomic mass is 10.2. The predicted molar refractivity (Wildman–Crippen MR) is 64.2 cm³/mol. The van der Waals surface area contributed by atoms with Crippen LogP contribution < -0.4 is 5.32 Å². The number of hydrogen-bond acceptors (Lipinski definition) is 5. The summed E-state index contributed by atoms with van der Waals surface area (Å²) in [4.78, 5) is 19.5. The highest BCUT2D eigenvalue weighted by Gasteiger charge is 2.07. The Morgan fingerprint density at radius 2 is 2.25 bits per heavy atom. The van der Waals surface area contributed by atoms with Crippen LogP contribution in [0.5, 0.6) is 0 Å². The molecule has 2 rings (SSSR count). The van der Waals surface area contributed by atoms with Crippen molar-refractivity contribution in [2.75, 3.05) is 11.9 Å². The summed E-state index contributed by atoms with van der Waals surface area (Å²) in [5, 5.41) is 6.79. The first-order chi connectivity index (χ1) is 7.77. The van der Waals surface area contributed by atoms with Gasteiger partial charge in [0.2, 0.25) is 0 Å². The fraction of sp³-hybridized carbons (Fsp3) is 0.100. The number of anilines is 1. The molecule has 0 saturated heterocycles. The Morgan fingerprint density at radius 1 is 1.44 bits per heavy atom. The minimum Gasteiger partial charge on any atom is -0.360 e. The lowest BCUT2D eigenvalue weighted by molar-refractivity contribution is 0.101. The Hall–Kier alpha value is -1.46. The number of aromatic nitrogens is 2. The second-order valence-corrected chi connectivity index (χ2v) is 4.12. The van der Waals surface area contributed by atoms with Crippen molar-refractivity contribution >= 4 is 34.5 Å². The van der Waals surface area contributed by atoms with Crippen molar-refractivity contribution in [2.24, 2.45) is 0 Å². The van der Waals surface area contributed by atoms with Crippen LogP contribution in [-0.4, -0.2) is 22.3 Å². The van der Waals surface area contributed by atoms with Crippen LogP contribution in [0.4, 0.5) is 5.82 Å². The molecule has 0 amide bonds. The molecular weight excluding hydrogens is 246 g/mol. The van der Waals surface area contributed by atoms with E-state index < -0.39 is 0 Å². The van der Waals surface area contributed by atoms with Crippen molar-refractivity contribution in [2.45, 2.75) is 0 Å². The molecule has 0 bridgehead atoms. The standard InChI is InChI=1S/C10H8ClN3OS/c11-9-10(13-3-2-12-9)14-5-8(15)7-1-4-16-6-7/h1-4,6H,5H2,(H,13,14). The van der Waals surface area contributed by atoms with Gasteiger partial charge in [0.25, 0.3) is 0 Å². The summed E-state index contributed by atoms with van der Waals surface area (Å²) in [6, 6.07) is 1.78. The molecule has 0 atom stereocenters. The number of hydrogen-bond donors (Lipinski definition) is 1. The summed E-state index contributed by atoms with van der Waals surface area (Å²) in [6.07, 6.45) is 3.01. The number of carbonyl (C=O) groups excluding carboxylic acids is 1. The number of ketones is 1. The molecule has 2 heterocycles. The van der Waals surface area contributed by atoms with Crippen molar-refractivity contribution < 1.29 is 4.79 Å². The van der Waals surface area contributed by atoms with Gasteiger partial charge in [0.15, 0.2) is 16.8 Å². The van der Waals surface area contributed by atoms with Gasteiger partial charge >= 0.3 is 0 Å². The van der Waals surface area contributed by atoms with Gasteiger partial charge in [0.1, 0.15) is 0 Å². The Labute approximate surface area is 101 Å². The van der Waals surface area contributed by atoms with Gasteiger partial charge in [0.05, 0.1) is 6.54 Å². The minimum absolute atomic E-state index is 0.00275. The van der Waals surface area contributed by atoms with Gasteiger partial charge in [0, 0.05) is 23.3 Å². The van der Waals surface area contributed by atoms with Crippen molar-refractivity contribution in [3.8, 4) is 0 Å². The van der Waals surface area contributed by atoms with Crippen molar-refractivity contribution in [1.82, 2.24) is 9.97 Å². The minimum atomic E-state index is 0.00275. The summed E-state index contributed by atoms with van der Waals surface area (Å²) in [5.41, 5.74) is 0.692. The molecule has 0 aliphatic rings. The van der Waals surface area contributed by atoms with E-state index in [1.165, 1.54) is 23.7 Å². The van der Waals surface area contributed by atoms with Crippen LogP contribution in [0.2, 0.25) is 5.15 Å². The third-order valence-electron chi connectivity index (χ3n) is 1.91. The Morgan fingerprint density at radius 3 is 2.94 bits per heavy atom. The molecule has 0 saturated carbocycles. The first-order valence-electron chi connectivity index (χ1n) is 4.53. The van der Waals surface area contributed by atoms with Crippen LogP contribution in [0.3, 0.4) is 0 Å². The first-order valence-corrected chi connectivity index (χ1v) is 5.85. The molecule has 0 aliphatic heterocycles. The molecule has 0 radical (unpaired) electrons. The van der Waals surface area contributed by atoms with E-state index in [0.717, 1.165) is 0 Å². The lowest BCUT2D eigenvalue weighted by Gasteiger charge is -2.04. The number of carbonyl (C=O) groups is 1. The number of nitrogens with zero attached hydrogens (tertiary/aromatic N) is 2. The highest BCUT2D eigenvalue weighted by molar-refractivity contribution is 7.08. The normalized spacial score (nSPS) is 10.1. The van der Waals surface area contributed by atoms with Gasteiger partial charge in [-0.25, -0.2) is 9.97 Å². The fourth-order valence-electron chi connectivity index (χ4n) is 1.13. The topological polar surface area (TPSA) is 54.9 Å². The highest BCUT2D eigenvalue weighted by atomic mass is 35.5. The molecule has 16 heavy (non-hydrogen) atoms. The zero-order valence-corrected chi connectivity index (χ0v) is 9.76. The van der Waals surface area contributed by atoms with Gasteiger partial charge in [-0.1, -0.05) is 11.6 Å². The Kier molecular flexibility index (Phi) is 3.48. The number of halogens is 1. The molecule has 0 fully saturated rings. The molecule has 2 aromatic heterocycles. The van der Waals surface area contributed by atoms with Gasteiger partial charge < -0.3 is 5.32 Å². The van der Waals surface area contributed by atoms with Crippen LogP contribution in [0, 0.1) is 0 Å². The number of rotatable bonds is 4. The summed E-state index contributed by atoms with van der Waals surface area (Å²) >= 11 is 7.28. The third-order valence-corrected chi connectivity index (χ3v) is 2.87. The molecule has 0 aromatic carbocycles. The summed E-state index contributed by atoms with van der Waals surface area (Å²) < 4.78 is 0. The summed E-state index contributed by atoms with van der Waals surface area (Å²) in [5.74, 6) is 0.427. The maximum Gasteiger partial charge on any atom is 0.182 e. The largest absolute Gasteiger partial charge is 0.360 e. The maximum absolute atomic E-state index is 11.6. The molecule has 2 aromatic rings. The molecule has 6 heteroatoms. The molecule has 0 unspecified atom stereocenters. The van der Waals surface area contributed by atoms with Crippen molar-refractivity contribution in [3.05, 3.63) is 39.9 Å². The Balaban J connectivity index is 1.98. The summed E-state index contributed by atoms with van der Waals surface area (Å²) in [7, 11) is 0. The van der Waals surface area contributed by atoms with E-state index in [4.69, 9.17) is 11.6 Å². The average Bonchev–Trinajstić information content (AvgIpc) is 2.81.